The molecule has 0 bridgehead atoms. The average molecular weight is 372 g/mol. The van der Waals surface area contributed by atoms with Gasteiger partial charge in [-0.15, -0.1) is 0 Å². The molecule has 6 heteroatoms. The first-order valence-electron chi connectivity index (χ1n) is 10.2. The van der Waals surface area contributed by atoms with Crippen molar-refractivity contribution in [2.75, 3.05) is 45.2 Å². The smallest absolute Gasteiger partial charge is 0.223 e. The number of imidazole rings is 1. The van der Waals surface area contributed by atoms with E-state index < -0.39 is 0 Å². The molecule has 148 valence electrons. The quantitative estimate of drug-likeness (QED) is 0.775. The zero-order chi connectivity index (χ0) is 19.2. The van der Waals surface area contributed by atoms with Gasteiger partial charge in [0.05, 0.1) is 11.0 Å². The van der Waals surface area contributed by atoms with Gasteiger partial charge >= 0.3 is 0 Å². The molecule has 0 aliphatic carbocycles. The molecule has 0 atom stereocenters. The van der Waals surface area contributed by atoms with E-state index >= 15 is 0 Å². The third kappa shape index (κ3) is 4.80. The van der Waals surface area contributed by atoms with E-state index in [-0.39, 0.29) is 11.8 Å². The number of anilines is 1. The number of amides is 1. The highest BCUT2D eigenvalue weighted by atomic mass is 16.1. The number of carbonyl (C=O) groups excluding carboxylic acids is 1. The van der Waals surface area contributed by atoms with Crippen LogP contribution in [-0.2, 0) is 11.3 Å². The number of nitrogens with zero attached hydrogens (tertiary/aromatic N) is 4. The maximum atomic E-state index is 12.4. The number of para-hydroxylation sites is 2. The van der Waals surface area contributed by atoms with Crippen LogP contribution in [0, 0.1) is 5.92 Å². The van der Waals surface area contributed by atoms with Crippen molar-refractivity contribution in [1.29, 1.82) is 0 Å². The van der Waals surface area contributed by atoms with Gasteiger partial charge in [0.1, 0.15) is 0 Å². The van der Waals surface area contributed by atoms with Crippen molar-refractivity contribution in [3.8, 4) is 0 Å². The molecule has 27 heavy (non-hydrogen) atoms. The van der Waals surface area contributed by atoms with Gasteiger partial charge in [-0.25, -0.2) is 4.98 Å². The molecule has 0 spiro atoms. The number of aryl methyl sites for hydroxylation is 1. The molecule has 1 fully saturated rings. The van der Waals surface area contributed by atoms with Gasteiger partial charge in [0.15, 0.2) is 0 Å². The molecule has 0 unspecified atom stereocenters. The fourth-order valence-corrected chi connectivity index (χ4v) is 3.73. The van der Waals surface area contributed by atoms with Gasteiger partial charge in [-0.3, -0.25) is 4.79 Å². The molecule has 1 aromatic carbocycles. The first kappa shape index (κ1) is 19.7. The third-order valence-electron chi connectivity index (χ3n) is 5.38. The number of piperidine rings is 1. The fourth-order valence-electron chi connectivity index (χ4n) is 3.73. The number of carbonyl (C=O) groups is 1. The lowest BCUT2D eigenvalue weighted by Crippen LogP contribution is -2.42. The number of fused-ring (bicyclic) bond motifs is 1. The van der Waals surface area contributed by atoms with E-state index in [1.807, 2.05) is 20.2 Å². The predicted octanol–water partition coefficient (Wildman–Crippen LogP) is 2.73. The summed E-state index contributed by atoms with van der Waals surface area (Å²) in [6.07, 6.45) is 4.11. The summed E-state index contributed by atoms with van der Waals surface area (Å²) in [4.78, 5) is 21.8. The maximum Gasteiger partial charge on any atom is 0.223 e. The van der Waals surface area contributed by atoms with Crippen molar-refractivity contribution in [3.63, 3.8) is 0 Å². The Morgan fingerprint density at radius 3 is 2.70 bits per heavy atom. The number of aromatic nitrogens is 2. The number of hydrogen-bond donors (Lipinski definition) is 1. The number of hydrogen-bond acceptors (Lipinski definition) is 4. The number of unbranched alkanes of at least 4 members (excludes halogenated alkanes) is 1. The minimum Gasteiger partial charge on any atom is -0.355 e. The number of benzene rings is 1. The molecule has 1 aromatic heterocycles. The second kappa shape index (κ2) is 9.22. The monoisotopic (exact) mass is 371 g/mol. The molecular formula is C21H33N5O. The molecule has 6 nitrogen and oxygen atoms in total. The zero-order valence-corrected chi connectivity index (χ0v) is 16.9. The van der Waals surface area contributed by atoms with Crippen LogP contribution in [0.3, 0.4) is 0 Å². The average Bonchev–Trinajstić information content (AvgIpc) is 3.04. The first-order valence-corrected chi connectivity index (χ1v) is 10.2. The Bertz CT molecular complexity index is 746. The van der Waals surface area contributed by atoms with E-state index in [0.29, 0.717) is 0 Å². The topological polar surface area (TPSA) is 53.4 Å². The van der Waals surface area contributed by atoms with Gasteiger partial charge in [0.25, 0.3) is 0 Å². The Labute approximate surface area is 162 Å². The van der Waals surface area contributed by atoms with Crippen LogP contribution >= 0.6 is 0 Å². The van der Waals surface area contributed by atoms with Gasteiger partial charge in [-0.05, 0) is 45.5 Å². The predicted molar refractivity (Wildman–Crippen MR) is 111 cm³/mol. The molecule has 0 saturated carbocycles. The minimum atomic E-state index is 0.122. The highest BCUT2D eigenvalue weighted by Gasteiger charge is 2.27. The number of likely N-dealkylation sites (N-methyl/N-ethyl adjacent to an activating group) is 1. The summed E-state index contributed by atoms with van der Waals surface area (Å²) < 4.78 is 2.36. The van der Waals surface area contributed by atoms with Crippen molar-refractivity contribution >= 4 is 22.9 Å². The van der Waals surface area contributed by atoms with Crippen molar-refractivity contribution in [3.05, 3.63) is 24.3 Å². The van der Waals surface area contributed by atoms with Gasteiger partial charge in [0.2, 0.25) is 11.9 Å². The number of nitrogens with one attached hydrogen (secondary N) is 1. The van der Waals surface area contributed by atoms with Gasteiger partial charge in [-0.1, -0.05) is 25.5 Å². The zero-order valence-electron chi connectivity index (χ0n) is 16.9. The van der Waals surface area contributed by atoms with E-state index in [0.717, 1.165) is 63.5 Å². The van der Waals surface area contributed by atoms with Crippen LogP contribution in [0.15, 0.2) is 24.3 Å². The SMILES string of the molecule is CCCCn1c(N2CCC(C(=O)NCCN(C)C)CC2)nc2ccccc21. The second-order valence-corrected chi connectivity index (χ2v) is 7.76. The summed E-state index contributed by atoms with van der Waals surface area (Å²) in [5.74, 6) is 1.39. The van der Waals surface area contributed by atoms with E-state index in [2.05, 4.69) is 44.8 Å². The summed E-state index contributed by atoms with van der Waals surface area (Å²) in [5, 5.41) is 3.08. The third-order valence-corrected chi connectivity index (χ3v) is 5.38. The number of rotatable bonds is 8. The summed E-state index contributed by atoms with van der Waals surface area (Å²) >= 11 is 0. The molecule has 0 radical (unpaired) electrons. The lowest BCUT2D eigenvalue weighted by molar-refractivity contribution is -0.125. The van der Waals surface area contributed by atoms with Crippen LogP contribution < -0.4 is 10.2 Å². The standard InChI is InChI=1S/C21H33N5O/c1-4-5-13-26-19-9-7-6-8-18(19)23-21(26)25-14-10-17(11-15-25)20(27)22-12-16-24(2)3/h6-9,17H,4-5,10-16H2,1-3H3,(H,22,27). The Hall–Kier alpha value is -2.08. The first-order chi connectivity index (χ1) is 13.1. The molecule has 1 N–H and O–H groups in total. The van der Waals surface area contributed by atoms with Crippen LogP contribution in [0.25, 0.3) is 11.0 Å². The minimum absolute atomic E-state index is 0.122. The molecule has 2 aromatic rings. The molecule has 1 aliphatic heterocycles. The summed E-state index contributed by atoms with van der Waals surface area (Å²) in [6.45, 7) is 6.60. The summed E-state index contributed by atoms with van der Waals surface area (Å²) in [5.41, 5.74) is 2.27. The van der Waals surface area contributed by atoms with Crippen LogP contribution in [0.2, 0.25) is 0 Å². The van der Waals surface area contributed by atoms with Crippen LogP contribution in [-0.4, -0.2) is 60.6 Å². The molecular weight excluding hydrogens is 338 g/mol. The van der Waals surface area contributed by atoms with Crippen molar-refractivity contribution in [1.82, 2.24) is 19.8 Å². The lowest BCUT2D eigenvalue weighted by atomic mass is 9.96. The fraction of sp³-hybridized carbons (Fsp3) is 0.619. The van der Waals surface area contributed by atoms with E-state index in [9.17, 15) is 4.79 Å². The van der Waals surface area contributed by atoms with Crippen molar-refractivity contribution in [2.24, 2.45) is 5.92 Å². The van der Waals surface area contributed by atoms with E-state index in [1.165, 1.54) is 11.9 Å². The highest BCUT2D eigenvalue weighted by molar-refractivity contribution is 5.80. The molecule has 1 amide bonds. The van der Waals surface area contributed by atoms with Crippen LogP contribution in [0.4, 0.5) is 5.95 Å². The molecule has 1 saturated heterocycles. The van der Waals surface area contributed by atoms with Crippen molar-refractivity contribution < 1.29 is 4.79 Å². The second-order valence-electron chi connectivity index (χ2n) is 7.76. The summed E-state index contributed by atoms with van der Waals surface area (Å²) in [7, 11) is 4.05. The molecule has 1 aliphatic rings. The van der Waals surface area contributed by atoms with Gasteiger partial charge in [0, 0.05) is 38.6 Å². The van der Waals surface area contributed by atoms with Crippen LogP contribution in [0.5, 0.6) is 0 Å². The molecule has 3 rings (SSSR count). The van der Waals surface area contributed by atoms with Gasteiger partial charge < -0.3 is 19.7 Å². The largest absolute Gasteiger partial charge is 0.355 e. The van der Waals surface area contributed by atoms with Crippen molar-refractivity contribution in [2.45, 2.75) is 39.2 Å². The Kier molecular flexibility index (Phi) is 6.72. The molecule has 2 heterocycles. The Morgan fingerprint density at radius 2 is 2.00 bits per heavy atom. The Morgan fingerprint density at radius 1 is 1.26 bits per heavy atom. The van der Waals surface area contributed by atoms with Gasteiger partial charge in [-0.2, -0.15) is 0 Å². The Balaban J connectivity index is 1.64. The summed E-state index contributed by atoms with van der Waals surface area (Å²) in [6, 6.07) is 8.38. The normalized spacial score (nSPS) is 15.6. The van der Waals surface area contributed by atoms with Crippen LogP contribution in [0.1, 0.15) is 32.6 Å². The van der Waals surface area contributed by atoms with E-state index in [1.54, 1.807) is 0 Å². The lowest BCUT2D eigenvalue weighted by Gasteiger charge is -2.32. The van der Waals surface area contributed by atoms with E-state index in [4.69, 9.17) is 4.98 Å². The highest BCUT2D eigenvalue weighted by Crippen LogP contribution is 2.27. The maximum absolute atomic E-state index is 12.4.